The first-order valence-corrected chi connectivity index (χ1v) is 10.7. The van der Waals surface area contributed by atoms with E-state index in [2.05, 4.69) is 5.32 Å². The van der Waals surface area contributed by atoms with Gasteiger partial charge >= 0.3 is 6.09 Å². The highest BCUT2D eigenvalue weighted by Gasteiger charge is 2.29. The van der Waals surface area contributed by atoms with Gasteiger partial charge in [-0.2, -0.15) is 0 Å². The van der Waals surface area contributed by atoms with Crippen LogP contribution in [0.15, 0.2) is 23.7 Å². The van der Waals surface area contributed by atoms with Crippen molar-refractivity contribution in [1.29, 1.82) is 0 Å². The van der Waals surface area contributed by atoms with Crippen LogP contribution in [0.3, 0.4) is 0 Å². The fourth-order valence-corrected chi connectivity index (χ4v) is 3.54. The van der Waals surface area contributed by atoms with Crippen molar-refractivity contribution in [2.45, 2.75) is 58.7 Å². The van der Waals surface area contributed by atoms with Crippen molar-refractivity contribution >= 4 is 17.8 Å². The summed E-state index contributed by atoms with van der Waals surface area (Å²) in [5.41, 5.74) is 0.134. The third-order valence-corrected chi connectivity index (χ3v) is 5.15. The van der Waals surface area contributed by atoms with Gasteiger partial charge in [-0.1, -0.05) is 6.92 Å². The van der Waals surface area contributed by atoms with Crippen molar-refractivity contribution < 1.29 is 27.9 Å². The SMILES string of the molecule is CC(CC(=O)CCNC(=O)OC(C)(C)C)C(=O)N1CCN(C2=CC=C(F)C(F)C2)CC1. The lowest BCUT2D eigenvalue weighted by molar-refractivity contribution is -0.138. The smallest absolute Gasteiger partial charge is 0.407 e. The van der Waals surface area contributed by atoms with E-state index < -0.39 is 29.6 Å². The van der Waals surface area contributed by atoms with Gasteiger partial charge in [0.05, 0.1) is 0 Å². The van der Waals surface area contributed by atoms with Gasteiger partial charge in [0.25, 0.3) is 0 Å². The fourth-order valence-electron chi connectivity index (χ4n) is 3.54. The molecule has 0 aromatic rings. The summed E-state index contributed by atoms with van der Waals surface area (Å²) in [7, 11) is 0. The van der Waals surface area contributed by atoms with Crippen LogP contribution in [0.5, 0.6) is 0 Å². The Morgan fingerprint density at radius 2 is 1.84 bits per heavy atom. The number of ether oxygens (including phenoxy) is 1. The van der Waals surface area contributed by atoms with E-state index in [1.165, 1.54) is 0 Å². The predicted molar refractivity (Wildman–Crippen MR) is 113 cm³/mol. The maximum Gasteiger partial charge on any atom is 0.407 e. The Labute approximate surface area is 182 Å². The highest BCUT2D eigenvalue weighted by atomic mass is 19.2. The zero-order valence-electron chi connectivity index (χ0n) is 18.7. The molecule has 1 fully saturated rings. The normalized spacial score (nSPS) is 20.5. The molecule has 2 amide bonds. The van der Waals surface area contributed by atoms with E-state index in [1.54, 1.807) is 38.7 Å². The number of carbonyl (C=O) groups excluding carboxylic acids is 3. The first kappa shape index (κ1) is 24.8. The van der Waals surface area contributed by atoms with Crippen LogP contribution in [-0.2, 0) is 14.3 Å². The molecule has 1 aliphatic heterocycles. The molecule has 0 saturated carbocycles. The molecule has 0 bridgehead atoms. The Morgan fingerprint density at radius 3 is 2.42 bits per heavy atom. The zero-order chi connectivity index (χ0) is 23.2. The van der Waals surface area contributed by atoms with Crippen LogP contribution < -0.4 is 5.32 Å². The van der Waals surface area contributed by atoms with Gasteiger partial charge in [0.1, 0.15) is 17.2 Å². The summed E-state index contributed by atoms with van der Waals surface area (Å²) in [5.74, 6) is -1.41. The molecule has 9 heteroatoms. The number of rotatable bonds is 7. The minimum Gasteiger partial charge on any atom is -0.444 e. The van der Waals surface area contributed by atoms with Crippen molar-refractivity contribution in [3.8, 4) is 0 Å². The lowest BCUT2D eigenvalue weighted by Gasteiger charge is -2.39. The second-order valence-corrected chi connectivity index (χ2v) is 9.02. The maximum absolute atomic E-state index is 13.6. The van der Waals surface area contributed by atoms with Gasteiger partial charge in [-0.05, 0) is 32.9 Å². The topological polar surface area (TPSA) is 78.9 Å². The summed E-state index contributed by atoms with van der Waals surface area (Å²) in [5, 5.41) is 2.54. The van der Waals surface area contributed by atoms with E-state index in [-0.39, 0.29) is 37.5 Å². The number of Topliss-reactive ketones (excluding diaryl/α,β-unsaturated/α-hetero) is 1. The Morgan fingerprint density at radius 1 is 1.19 bits per heavy atom. The number of alkyl carbamates (subject to hydrolysis) is 1. The molecule has 0 aromatic carbocycles. The minimum absolute atomic E-state index is 0.0124. The number of hydrogen-bond acceptors (Lipinski definition) is 5. The van der Waals surface area contributed by atoms with E-state index >= 15 is 0 Å². The number of ketones is 1. The third kappa shape index (κ3) is 7.95. The van der Waals surface area contributed by atoms with Crippen LogP contribution >= 0.6 is 0 Å². The van der Waals surface area contributed by atoms with Crippen LogP contribution in [0.1, 0.15) is 47.0 Å². The molecule has 2 aliphatic rings. The number of amides is 2. The van der Waals surface area contributed by atoms with Crippen molar-refractivity contribution in [1.82, 2.24) is 15.1 Å². The molecule has 2 atom stereocenters. The van der Waals surface area contributed by atoms with Gasteiger partial charge in [-0.15, -0.1) is 0 Å². The van der Waals surface area contributed by atoms with E-state index in [0.29, 0.717) is 26.2 Å². The monoisotopic (exact) mass is 441 g/mol. The summed E-state index contributed by atoms with van der Waals surface area (Å²) in [6, 6.07) is 0. The van der Waals surface area contributed by atoms with Gasteiger partial charge < -0.3 is 19.9 Å². The van der Waals surface area contributed by atoms with Crippen molar-refractivity contribution in [2.75, 3.05) is 32.7 Å². The molecule has 1 aliphatic carbocycles. The molecule has 7 nitrogen and oxygen atoms in total. The number of nitrogens with zero attached hydrogens (tertiary/aromatic N) is 2. The van der Waals surface area contributed by atoms with Crippen LogP contribution in [0, 0.1) is 5.92 Å². The molecule has 174 valence electrons. The average Bonchev–Trinajstić information content (AvgIpc) is 2.68. The molecule has 31 heavy (non-hydrogen) atoms. The molecule has 0 aromatic heterocycles. The maximum atomic E-state index is 13.6. The number of halogens is 2. The van der Waals surface area contributed by atoms with Crippen molar-refractivity contribution in [3.63, 3.8) is 0 Å². The van der Waals surface area contributed by atoms with Crippen LogP contribution in [0.4, 0.5) is 13.6 Å². The second kappa shape index (κ2) is 10.7. The Hall–Kier alpha value is -2.45. The Kier molecular flexibility index (Phi) is 8.59. The molecule has 2 unspecified atom stereocenters. The van der Waals surface area contributed by atoms with Crippen molar-refractivity contribution in [2.24, 2.45) is 5.92 Å². The summed E-state index contributed by atoms with van der Waals surface area (Å²) < 4.78 is 31.9. The lowest BCUT2D eigenvalue weighted by Crippen LogP contribution is -2.50. The number of hydrogen-bond donors (Lipinski definition) is 1. The molecular formula is C22H33F2N3O4. The van der Waals surface area contributed by atoms with Crippen LogP contribution in [-0.4, -0.2) is 72.1 Å². The van der Waals surface area contributed by atoms with Crippen molar-refractivity contribution in [3.05, 3.63) is 23.7 Å². The van der Waals surface area contributed by atoms with Gasteiger partial charge in [-0.25, -0.2) is 13.6 Å². The van der Waals surface area contributed by atoms with Gasteiger partial charge in [-0.3, -0.25) is 9.59 Å². The number of carbonyl (C=O) groups is 3. The van der Waals surface area contributed by atoms with E-state index in [4.69, 9.17) is 4.74 Å². The van der Waals surface area contributed by atoms with Gasteiger partial charge in [0.2, 0.25) is 5.91 Å². The molecule has 0 spiro atoms. The number of alkyl halides is 1. The number of piperazine rings is 1. The Bertz CT molecular complexity index is 738. The first-order valence-electron chi connectivity index (χ1n) is 10.7. The lowest BCUT2D eigenvalue weighted by atomic mass is 10.0. The third-order valence-electron chi connectivity index (χ3n) is 5.15. The first-order chi connectivity index (χ1) is 14.5. The summed E-state index contributed by atoms with van der Waals surface area (Å²) in [6.07, 6.45) is 0.824. The van der Waals surface area contributed by atoms with E-state index in [9.17, 15) is 23.2 Å². The summed E-state index contributed by atoms with van der Waals surface area (Å²) in [4.78, 5) is 40.1. The number of allylic oxidation sites excluding steroid dienone is 4. The molecular weight excluding hydrogens is 408 g/mol. The largest absolute Gasteiger partial charge is 0.444 e. The molecule has 1 saturated heterocycles. The molecule has 0 radical (unpaired) electrons. The summed E-state index contributed by atoms with van der Waals surface area (Å²) in [6.45, 7) is 9.17. The second-order valence-electron chi connectivity index (χ2n) is 9.02. The van der Waals surface area contributed by atoms with Crippen LogP contribution in [0.2, 0.25) is 0 Å². The highest BCUT2D eigenvalue weighted by molar-refractivity contribution is 5.87. The summed E-state index contributed by atoms with van der Waals surface area (Å²) >= 11 is 0. The zero-order valence-corrected chi connectivity index (χ0v) is 18.7. The standard InChI is InChI=1S/C22H33F2N3O4/c1-15(13-17(28)7-8-25-21(30)31-22(2,3)4)20(29)27-11-9-26(10-12-27)16-5-6-18(23)19(24)14-16/h5-6,15,19H,7-14H2,1-4H3,(H,25,30). The molecule has 2 rings (SSSR count). The van der Waals surface area contributed by atoms with Crippen LogP contribution in [0.25, 0.3) is 0 Å². The minimum atomic E-state index is -1.60. The molecule has 1 heterocycles. The quantitative estimate of drug-likeness (QED) is 0.657. The highest BCUT2D eigenvalue weighted by Crippen LogP contribution is 2.26. The predicted octanol–water partition coefficient (Wildman–Crippen LogP) is 3.12. The fraction of sp³-hybridized carbons (Fsp3) is 0.682. The number of nitrogens with one attached hydrogen (secondary N) is 1. The Balaban J connectivity index is 1.71. The molecule has 1 N–H and O–H groups in total. The van der Waals surface area contributed by atoms with E-state index in [1.807, 2.05) is 4.90 Å². The average molecular weight is 442 g/mol. The van der Waals surface area contributed by atoms with Gasteiger partial charge in [0.15, 0.2) is 6.17 Å². The van der Waals surface area contributed by atoms with E-state index in [0.717, 1.165) is 11.8 Å². The van der Waals surface area contributed by atoms with Gasteiger partial charge in [0, 0.05) is 63.6 Å².